The van der Waals surface area contributed by atoms with Gasteiger partial charge >= 0.3 is 0 Å². The van der Waals surface area contributed by atoms with Crippen molar-refractivity contribution in [3.63, 3.8) is 0 Å². The fraction of sp³-hybridized carbons (Fsp3) is 0.655. The summed E-state index contributed by atoms with van der Waals surface area (Å²) in [5.74, 6) is -0.241. The zero-order valence-corrected chi connectivity index (χ0v) is 22.9. The van der Waals surface area contributed by atoms with Gasteiger partial charge in [-0.3, -0.25) is 19.4 Å². The second kappa shape index (κ2) is 11.6. The minimum absolute atomic E-state index is 0.108. The Kier molecular flexibility index (Phi) is 8.96. The summed E-state index contributed by atoms with van der Waals surface area (Å²) in [4.78, 5) is 47.0. The summed E-state index contributed by atoms with van der Waals surface area (Å²) in [6.45, 7) is 13.0. The van der Waals surface area contributed by atoms with E-state index in [1.165, 1.54) is 0 Å². The Bertz CT molecular complexity index is 986. The van der Waals surface area contributed by atoms with E-state index < -0.39 is 11.7 Å². The molecule has 0 spiro atoms. The van der Waals surface area contributed by atoms with Gasteiger partial charge in [-0.2, -0.15) is 0 Å². The van der Waals surface area contributed by atoms with E-state index in [1.807, 2.05) is 24.3 Å². The van der Waals surface area contributed by atoms with Crippen LogP contribution in [0.5, 0.6) is 0 Å². The monoisotopic (exact) mass is 496 g/mol. The van der Waals surface area contributed by atoms with Crippen molar-refractivity contribution in [2.45, 2.75) is 105 Å². The van der Waals surface area contributed by atoms with Crippen LogP contribution in [0.3, 0.4) is 0 Å². The van der Waals surface area contributed by atoms with Crippen LogP contribution in [0.15, 0.2) is 29.3 Å². The molecule has 198 valence electrons. The number of nitrogens with one attached hydrogen (secondary N) is 2. The molecule has 2 N–H and O–H groups in total. The highest BCUT2D eigenvalue weighted by atomic mass is 16.2. The molecule has 0 saturated heterocycles. The van der Waals surface area contributed by atoms with Crippen LogP contribution >= 0.6 is 0 Å². The first-order chi connectivity index (χ1) is 17.0. The van der Waals surface area contributed by atoms with E-state index in [9.17, 15) is 14.4 Å². The highest BCUT2D eigenvalue weighted by molar-refractivity contribution is 6.15. The molecular weight excluding hydrogens is 452 g/mol. The minimum Gasteiger partial charge on any atom is -0.342 e. The standard InChI is InChI=1S/C29H44N4O3/c1-7-8-19-33-22-14-10-9-13-21(22)24(28(4,5)6)30-25(26(33)35)31-27(36)29(17-11-12-18-29)32-23(34)16-15-20(2)3/h9-10,13-14,20,25H,7-8,11-12,15-19H2,1-6H3,(H,31,36)(H,32,34). The van der Waals surface area contributed by atoms with Gasteiger partial charge in [-0.25, -0.2) is 0 Å². The Morgan fingerprint density at radius 2 is 1.83 bits per heavy atom. The maximum atomic E-state index is 13.9. The summed E-state index contributed by atoms with van der Waals surface area (Å²) in [7, 11) is 0. The van der Waals surface area contributed by atoms with Gasteiger partial charge in [0.15, 0.2) is 0 Å². The first kappa shape index (κ1) is 27.9. The van der Waals surface area contributed by atoms with Crippen LogP contribution in [0.25, 0.3) is 0 Å². The molecule has 0 bridgehead atoms. The lowest BCUT2D eigenvalue weighted by Crippen LogP contribution is -2.60. The fourth-order valence-electron chi connectivity index (χ4n) is 5.07. The van der Waals surface area contributed by atoms with Gasteiger partial charge < -0.3 is 15.5 Å². The third kappa shape index (κ3) is 6.34. The first-order valence-corrected chi connectivity index (χ1v) is 13.6. The van der Waals surface area contributed by atoms with E-state index in [0.717, 1.165) is 49.1 Å². The van der Waals surface area contributed by atoms with Gasteiger partial charge in [-0.1, -0.05) is 79.0 Å². The number of para-hydroxylation sites is 1. The summed E-state index contributed by atoms with van der Waals surface area (Å²) in [5.41, 5.74) is 1.22. The van der Waals surface area contributed by atoms with Crippen LogP contribution in [0.4, 0.5) is 5.69 Å². The molecule has 1 unspecified atom stereocenters. The molecule has 7 nitrogen and oxygen atoms in total. The highest BCUT2D eigenvalue weighted by Gasteiger charge is 2.45. The van der Waals surface area contributed by atoms with E-state index in [1.54, 1.807) is 4.90 Å². The third-order valence-electron chi connectivity index (χ3n) is 7.14. The van der Waals surface area contributed by atoms with Crippen molar-refractivity contribution < 1.29 is 14.4 Å². The number of benzene rings is 1. The van der Waals surface area contributed by atoms with E-state index in [0.29, 0.717) is 31.7 Å². The fourth-order valence-corrected chi connectivity index (χ4v) is 5.07. The molecule has 1 heterocycles. The summed E-state index contributed by atoms with van der Waals surface area (Å²) < 4.78 is 0. The molecule has 1 aliphatic heterocycles. The summed E-state index contributed by atoms with van der Waals surface area (Å²) in [6, 6.07) is 7.86. The van der Waals surface area contributed by atoms with Crippen LogP contribution in [-0.2, 0) is 14.4 Å². The molecule has 1 aliphatic carbocycles. The first-order valence-electron chi connectivity index (χ1n) is 13.6. The van der Waals surface area contributed by atoms with Crippen molar-refractivity contribution in [3.05, 3.63) is 29.8 Å². The van der Waals surface area contributed by atoms with E-state index >= 15 is 0 Å². The highest BCUT2D eigenvalue weighted by Crippen LogP contribution is 2.34. The maximum absolute atomic E-state index is 13.9. The largest absolute Gasteiger partial charge is 0.342 e. The molecule has 7 heteroatoms. The lowest BCUT2D eigenvalue weighted by Gasteiger charge is -2.31. The lowest BCUT2D eigenvalue weighted by molar-refractivity contribution is -0.135. The predicted molar refractivity (Wildman–Crippen MR) is 145 cm³/mol. The molecule has 3 rings (SSSR count). The average molecular weight is 497 g/mol. The van der Waals surface area contributed by atoms with Crippen LogP contribution in [-0.4, -0.2) is 41.7 Å². The topological polar surface area (TPSA) is 90.9 Å². The minimum atomic E-state index is -1.04. The van der Waals surface area contributed by atoms with Crippen molar-refractivity contribution in [1.82, 2.24) is 10.6 Å². The molecule has 1 aromatic carbocycles. The Morgan fingerprint density at radius 3 is 2.44 bits per heavy atom. The Balaban J connectivity index is 1.94. The number of amides is 3. The van der Waals surface area contributed by atoms with Gasteiger partial charge in [0.2, 0.25) is 18.0 Å². The number of rotatable bonds is 9. The van der Waals surface area contributed by atoms with Crippen molar-refractivity contribution in [2.75, 3.05) is 11.4 Å². The zero-order chi connectivity index (χ0) is 26.5. The second-order valence-corrected chi connectivity index (χ2v) is 11.7. The number of benzodiazepines with no additional fused rings is 1. The summed E-state index contributed by atoms with van der Waals surface area (Å²) >= 11 is 0. The number of unbranched alkanes of at least 4 members (excludes halogenated alkanes) is 1. The van der Waals surface area contributed by atoms with Gasteiger partial charge in [0.1, 0.15) is 5.54 Å². The van der Waals surface area contributed by atoms with Gasteiger partial charge in [-0.15, -0.1) is 0 Å². The Labute approximate surface area is 216 Å². The average Bonchev–Trinajstić information content (AvgIpc) is 3.25. The van der Waals surface area contributed by atoms with Crippen LogP contribution in [0, 0.1) is 11.3 Å². The molecule has 2 aliphatic rings. The second-order valence-electron chi connectivity index (χ2n) is 11.7. The van der Waals surface area contributed by atoms with Crippen LogP contribution in [0.2, 0.25) is 0 Å². The quantitative estimate of drug-likeness (QED) is 0.505. The summed E-state index contributed by atoms with van der Waals surface area (Å²) in [5, 5.41) is 6.02. The van der Waals surface area contributed by atoms with E-state index in [4.69, 9.17) is 4.99 Å². The molecule has 0 radical (unpaired) electrons. The number of hydrogen-bond donors (Lipinski definition) is 2. The molecule has 1 aromatic rings. The lowest BCUT2D eigenvalue weighted by atomic mass is 9.84. The van der Waals surface area contributed by atoms with Crippen LogP contribution < -0.4 is 15.5 Å². The summed E-state index contributed by atoms with van der Waals surface area (Å²) in [6.07, 6.45) is 4.79. The van der Waals surface area contributed by atoms with Crippen LogP contribution in [0.1, 0.15) is 98.5 Å². The van der Waals surface area contributed by atoms with Gasteiger partial charge in [0.05, 0.1) is 11.4 Å². The van der Waals surface area contributed by atoms with Crippen molar-refractivity contribution in [2.24, 2.45) is 16.3 Å². The van der Waals surface area contributed by atoms with Crippen molar-refractivity contribution >= 4 is 29.1 Å². The molecule has 1 saturated carbocycles. The van der Waals surface area contributed by atoms with Gasteiger partial charge in [-0.05, 0) is 37.7 Å². The molecule has 1 fully saturated rings. The number of fused-ring (bicyclic) bond motifs is 1. The van der Waals surface area contributed by atoms with Crippen molar-refractivity contribution in [1.29, 1.82) is 0 Å². The number of nitrogens with zero attached hydrogens (tertiary/aromatic N) is 2. The number of hydrogen-bond acceptors (Lipinski definition) is 4. The predicted octanol–water partition coefficient (Wildman–Crippen LogP) is 4.98. The number of carbonyl (C=O) groups excluding carboxylic acids is 3. The smallest absolute Gasteiger partial charge is 0.272 e. The van der Waals surface area contributed by atoms with Gasteiger partial charge in [0.25, 0.3) is 5.91 Å². The normalized spacial score (nSPS) is 19.5. The number of aliphatic imine (C=N–C) groups is 1. The molecule has 1 atom stereocenters. The Hall–Kier alpha value is -2.70. The number of carbonyl (C=O) groups is 3. The molecule has 3 amide bonds. The Morgan fingerprint density at radius 1 is 1.17 bits per heavy atom. The zero-order valence-electron chi connectivity index (χ0n) is 22.9. The third-order valence-corrected chi connectivity index (χ3v) is 7.14. The van der Waals surface area contributed by atoms with Gasteiger partial charge in [0, 0.05) is 23.9 Å². The molecule has 0 aromatic heterocycles. The SMILES string of the molecule is CCCCN1C(=O)C(NC(=O)C2(NC(=O)CCC(C)C)CCCC2)N=C(C(C)(C)C)c2ccccc21. The van der Waals surface area contributed by atoms with E-state index in [-0.39, 0.29) is 23.1 Å². The number of anilines is 1. The van der Waals surface area contributed by atoms with E-state index in [2.05, 4.69) is 52.2 Å². The van der Waals surface area contributed by atoms with Crippen molar-refractivity contribution in [3.8, 4) is 0 Å². The molecular formula is C29H44N4O3. The maximum Gasteiger partial charge on any atom is 0.272 e. The molecule has 36 heavy (non-hydrogen) atoms.